The normalized spacial score (nSPS) is 19.6. The average Bonchev–Trinajstić information content (AvgIpc) is 3.17. The van der Waals surface area contributed by atoms with E-state index in [0.29, 0.717) is 45.1 Å². The van der Waals surface area contributed by atoms with Gasteiger partial charge in [-0.3, -0.25) is 9.59 Å². The standard InChI is InChI=1S/C24H29N3O5S/c1-17-3-6-19(7-4-17)15-26-16-20(13-23(26)28)24(29)25-22-14-21(8-5-18(22)2)33(30,31)27-9-11-32-12-10-27/h3-8,14,20H,9-13,15-16H2,1-2H3,(H,25,29)/t20-/m0/s1. The number of likely N-dealkylation sites (tertiary alicyclic amines) is 1. The summed E-state index contributed by atoms with van der Waals surface area (Å²) in [4.78, 5) is 27.3. The number of carbonyl (C=O) groups is 2. The number of morpholine rings is 1. The maximum Gasteiger partial charge on any atom is 0.243 e. The third-order valence-electron chi connectivity index (χ3n) is 6.15. The Morgan fingerprint density at radius 1 is 1.09 bits per heavy atom. The first-order valence-corrected chi connectivity index (χ1v) is 12.5. The highest BCUT2D eigenvalue weighted by Gasteiger charge is 2.34. The van der Waals surface area contributed by atoms with E-state index in [0.717, 1.165) is 16.7 Å². The molecule has 4 rings (SSSR count). The predicted molar refractivity (Wildman–Crippen MR) is 124 cm³/mol. The molecule has 8 nitrogen and oxygen atoms in total. The van der Waals surface area contributed by atoms with Crippen LogP contribution in [0.15, 0.2) is 47.4 Å². The van der Waals surface area contributed by atoms with Crippen LogP contribution in [0.5, 0.6) is 0 Å². The number of aryl methyl sites for hydroxylation is 2. The van der Waals surface area contributed by atoms with Gasteiger partial charge in [0.25, 0.3) is 0 Å². The summed E-state index contributed by atoms with van der Waals surface area (Å²) in [6.45, 7) is 5.96. The van der Waals surface area contributed by atoms with Crippen LogP contribution in [0, 0.1) is 19.8 Å². The molecule has 1 N–H and O–H groups in total. The molecule has 2 aromatic carbocycles. The summed E-state index contributed by atoms with van der Waals surface area (Å²) in [5.41, 5.74) is 3.37. The molecule has 2 aromatic rings. The van der Waals surface area contributed by atoms with Gasteiger partial charge in [0.15, 0.2) is 0 Å². The fourth-order valence-corrected chi connectivity index (χ4v) is 5.52. The molecule has 9 heteroatoms. The third kappa shape index (κ3) is 5.26. The second kappa shape index (κ2) is 9.62. The second-order valence-electron chi connectivity index (χ2n) is 8.64. The molecular formula is C24H29N3O5S. The molecule has 0 bridgehead atoms. The average molecular weight is 472 g/mol. The zero-order chi connectivity index (χ0) is 23.6. The molecule has 0 radical (unpaired) electrons. The van der Waals surface area contributed by atoms with Crippen LogP contribution in [0.25, 0.3) is 0 Å². The van der Waals surface area contributed by atoms with E-state index in [1.807, 2.05) is 38.1 Å². The quantitative estimate of drug-likeness (QED) is 0.698. The molecule has 176 valence electrons. The summed E-state index contributed by atoms with van der Waals surface area (Å²) in [5, 5.41) is 2.85. The van der Waals surface area contributed by atoms with Gasteiger partial charge < -0.3 is 15.0 Å². The Labute approximate surface area is 194 Å². The predicted octanol–water partition coefficient (Wildman–Crippen LogP) is 2.31. The van der Waals surface area contributed by atoms with E-state index in [4.69, 9.17) is 4.74 Å². The van der Waals surface area contributed by atoms with Crippen LogP contribution in [0.3, 0.4) is 0 Å². The van der Waals surface area contributed by atoms with Crippen molar-refractivity contribution in [2.24, 2.45) is 5.92 Å². The molecule has 0 spiro atoms. The first kappa shape index (κ1) is 23.4. The van der Waals surface area contributed by atoms with Crippen LogP contribution in [-0.4, -0.2) is 62.3 Å². The minimum atomic E-state index is -3.67. The van der Waals surface area contributed by atoms with Crippen molar-refractivity contribution >= 4 is 27.5 Å². The minimum absolute atomic E-state index is 0.0592. The summed E-state index contributed by atoms with van der Waals surface area (Å²) in [7, 11) is -3.67. The Hall–Kier alpha value is -2.75. The highest BCUT2D eigenvalue weighted by molar-refractivity contribution is 7.89. The van der Waals surface area contributed by atoms with Gasteiger partial charge in [0, 0.05) is 38.3 Å². The molecular weight excluding hydrogens is 442 g/mol. The number of amides is 2. The number of hydrogen-bond acceptors (Lipinski definition) is 5. The maximum absolute atomic E-state index is 13.0. The molecule has 0 saturated carbocycles. The highest BCUT2D eigenvalue weighted by atomic mass is 32.2. The zero-order valence-corrected chi connectivity index (χ0v) is 19.7. The van der Waals surface area contributed by atoms with Gasteiger partial charge in [-0.25, -0.2) is 8.42 Å². The molecule has 1 atom stereocenters. The van der Waals surface area contributed by atoms with Crippen molar-refractivity contribution in [1.82, 2.24) is 9.21 Å². The summed E-state index contributed by atoms with van der Waals surface area (Å²) in [5.74, 6) is -0.822. The van der Waals surface area contributed by atoms with Crippen molar-refractivity contribution in [2.75, 3.05) is 38.2 Å². The number of benzene rings is 2. The topological polar surface area (TPSA) is 96.0 Å². The number of sulfonamides is 1. The van der Waals surface area contributed by atoms with Crippen molar-refractivity contribution in [3.8, 4) is 0 Å². The van der Waals surface area contributed by atoms with Gasteiger partial charge in [0.2, 0.25) is 21.8 Å². The Kier molecular flexibility index (Phi) is 6.83. The summed E-state index contributed by atoms with van der Waals surface area (Å²) >= 11 is 0. The lowest BCUT2D eigenvalue weighted by Crippen LogP contribution is -2.40. The lowest BCUT2D eigenvalue weighted by atomic mass is 10.1. The Balaban J connectivity index is 1.44. The van der Waals surface area contributed by atoms with Gasteiger partial charge in [-0.1, -0.05) is 35.9 Å². The lowest BCUT2D eigenvalue weighted by molar-refractivity contribution is -0.128. The lowest BCUT2D eigenvalue weighted by Gasteiger charge is -2.26. The Morgan fingerprint density at radius 2 is 1.79 bits per heavy atom. The van der Waals surface area contributed by atoms with E-state index in [2.05, 4.69) is 5.32 Å². The number of ether oxygens (including phenoxy) is 1. The van der Waals surface area contributed by atoms with Crippen molar-refractivity contribution in [3.05, 3.63) is 59.2 Å². The number of hydrogen-bond donors (Lipinski definition) is 1. The van der Waals surface area contributed by atoms with E-state index < -0.39 is 15.9 Å². The first-order chi connectivity index (χ1) is 15.7. The molecule has 2 amide bonds. The van der Waals surface area contributed by atoms with E-state index in [1.165, 1.54) is 10.4 Å². The molecule has 2 aliphatic rings. The smallest absolute Gasteiger partial charge is 0.243 e. The zero-order valence-electron chi connectivity index (χ0n) is 18.9. The summed E-state index contributed by atoms with van der Waals surface area (Å²) < 4.78 is 32.6. The molecule has 0 aliphatic carbocycles. The van der Waals surface area contributed by atoms with Crippen LogP contribution in [0.1, 0.15) is 23.1 Å². The van der Waals surface area contributed by atoms with Gasteiger partial charge in [0.1, 0.15) is 0 Å². The Bertz CT molecular complexity index is 1140. The minimum Gasteiger partial charge on any atom is -0.379 e. The highest BCUT2D eigenvalue weighted by Crippen LogP contribution is 2.26. The van der Waals surface area contributed by atoms with Crippen LogP contribution < -0.4 is 5.32 Å². The van der Waals surface area contributed by atoms with Crippen LogP contribution in [0.2, 0.25) is 0 Å². The number of rotatable bonds is 6. The SMILES string of the molecule is Cc1ccc(CN2C[C@@H](C(=O)Nc3cc(S(=O)(=O)N4CCOCC4)ccc3C)CC2=O)cc1. The van der Waals surface area contributed by atoms with Crippen molar-refractivity contribution in [2.45, 2.75) is 31.7 Å². The second-order valence-corrected chi connectivity index (χ2v) is 10.6. The van der Waals surface area contributed by atoms with Gasteiger partial charge in [-0.2, -0.15) is 4.31 Å². The van der Waals surface area contributed by atoms with Crippen LogP contribution in [0.4, 0.5) is 5.69 Å². The first-order valence-electron chi connectivity index (χ1n) is 11.1. The number of nitrogens with zero attached hydrogens (tertiary/aromatic N) is 2. The largest absolute Gasteiger partial charge is 0.379 e. The maximum atomic E-state index is 13.0. The number of anilines is 1. The molecule has 2 heterocycles. The monoisotopic (exact) mass is 471 g/mol. The molecule has 0 unspecified atom stereocenters. The van der Waals surface area contributed by atoms with Crippen LogP contribution in [-0.2, 0) is 30.9 Å². The number of carbonyl (C=O) groups excluding carboxylic acids is 2. The fraction of sp³-hybridized carbons (Fsp3) is 0.417. The molecule has 2 fully saturated rings. The van der Waals surface area contributed by atoms with E-state index in [9.17, 15) is 18.0 Å². The molecule has 0 aromatic heterocycles. The van der Waals surface area contributed by atoms with Crippen molar-refractivity contribution in [3.63, 3.8) is 0 Å². The molecule has 33 heavy (non-hydrogen) atoms. The van der Waals surface area contributed by atoms with Gasteiger partial charge in [0.05, 0.1) is 24.0 Å². The number of nitrogens with one attached hydrogen (secondary N) is 1. The summed E-state index contributed by atoms with van der Waals surface area (Å²) in [6.07, 6.45) is 0.141. The van der Waals surface area contributed by atoms with Gasteiger partial charge >= 0.3 is 0 Å². The van der Waals surface area contributed by atoms with E-state index in [-0.39, 0.29) is 23.1 Å². The fourth-order valence-electron chi connectivity index (χ4n) is 4.08. The van der Waals surface area contributed by atoms with Crippen molar-refractivity contribution < 1.29 is 22.7 Å². The molecule has 2 saturated heterocycles. The Morgan fingerprint density at radius 3 is 2.48 bits per heavy atom. The molecule has 2 aliphatic heterocycles. The van der Waals surface area contributed by atoms with E-state index in [1.54, 1.807) is 17.0 Å². The summed E-state index contributed by atoms with van der Waals surface area (Å²) in [6, 6.07) is 12.7. The van der Waals surface area contributed by atoms with Crippen LogP contribution >= 0.6 is 0 Å². The van der Waals surface area contributed by atoms with Gasteiger partial charge in [-0.05, 0) is 37.1 Å². The third-order valence-corrected chi connectivity index (χ3v) is 8.05. The van der Waals surface area contributed by atoms with Crippen molar-refractivity contribution in [1.29, 1.82) is 0 Å². The van der Waals surface area contributed by atoms with E-state index >= 15 is 0 Å². The van der Waals surface area contributed by atoms with Gasteiger partial charge in [-0.15, -0.1) is 0 Å².